The van der Waals surface area contributed by atoms with Crippen LogP contribution in [-0.2, 0) is 16.1 Å². The first-order valence-corrected chi connectivity index (χ1v) is 10.3. The molecule has 32 heavy (non-hydrogen) atoms. The predicted molar refractivity (Wildman–Crippen MR) is 107 cm³/mol. The second-order valence-corrected chi connectivity index (χ2v) is 7.29. The molecule has 1 amide bonds. The van der Waals surface area contributed by atoms with Gasteiger partial charge in [-0.25, -0.2) is 31.7 Å². The van der Waals surface area contributed by atoms with Crippen LogP contribution in [0.1, 0.15) is 24.2 Å². The number of hydrogen-bond acceptors (Lipinski definition) is 5. The average Bonchev–Trinajstić information content (AvgIpc) is 3.14. The Hall–Kier alpha value is -3.15. The maximum absolute atomic E-state index is 13.7. The lowest BCUT2D eigenvalue weighted by molar-refractivity contribution is -0.113. The lowest BCUT2D eigenvalue weighted by Crippen LogP contribution is -2.18. The largest absolute Gasteiger partial charge is 0.462 e. The van der Waals surface area contributed by atoms with E-state index in [0.717, 1.165) is 11.8 Å². The Balaban J connectivity index is 1.80. The number of imidazole rings is 1. The highest BCUT2D eigenvalue weighted by Gasteiger charge is 2.27. The van der Waals surface area contributed by atoms with Gasteiger partial charge >= 0.3 is 5.97 Å². The number of rotatable bonds is 7. The molecule has 0 radical (unpaired) electrons. The number of halogens is 5. The van der Waals surface area contributed by atoms with E-state index in [1.165, 1.54) is 6.07 Å². The van der Waals surface area contributed by atoms with Crippen LogP contribution in [0.5, 0.6) is 0 Å². The fourth-order valence-electron chi connectivity index (χ4n) is 2.89. The molecule has 0 unspecified atom stereocenters. The summed E-state index contributed by atoms with van der Waals surface area (Å²) in [5.41, 5.74) is -0.000850. The van der Waals surface area contributed by atoms with Gasteiger partial charge < -0.3 is 14.6 Å². The molecule has 0 spiro atoms. The van der Waals surface area contributed by atoms with Crippen LogP contribution in [0.2, 0.25) is 0 Å². The summed E-state index contributed by atoms with van der Waals surface area (Å²) in [5.74, 6) is -12.8. The van der Waals surface area contributed by atoms with Crippen molar-refractivity contribution in [3.63, 3.8) is 0 Å². The molecule has 3 aromatic rings. The number of amides is 1. The molecule has 0 aliphatic carbocycles. The number of nitrogens with one attached hydrogen (secondary N) is 1. The fourth-order valence-corrected chi connectivity index (χ4v) is 3.76. The van der Waals surface area contributed by atoms with E-state index in [1.807, 2.05) is 6.92 Å². The van der Waals surface area contributed by atoms with Gasteiger partial charge in [-0.05, 0) is 32.0 Å². The van der Waals surface area contributed by atoms with Crippen molar-refractivity contribution in [3.05, 3.63) is 52.8 Å². The Morgan fingerprint density at radius 3 is 2.25 bits per heavy atom. The molecule has 2 aromatic carbocycles. The number of anilines is 1. The van der Waals surface area contributed by atoms with Crippen molar-refractivity contribution in [1.29, 1.82) is 0 Å². The Morgan fingerprint density at radius 1 is 1.03 bits per heavy atom. The Bertz CT molecular complexity index is 1190. The number of nitrogens with zero attached hydrogens (tertiary/aromatic N) is 2. The topological polar surface area (TPSA) is 73.2 Å². The normalized spacial score (nSPS) is 11.1. The van der Waals surface area contributed by atoms with E-state index in [2.05, 4.69) is 4.98 Å². The molecule has 0 saturated carbocycles. The van der Waals surface area contributed by atoms with E-state index >= 15 is 0 Å². The molecule has 170 valence electrons. The van der Waals surface area contributed by atoms with E-state index in [-0.39, 0.29) is 6.61 Å². The SMILES string of the molecule is CCOC(=O)c1ccc2c(c1)nc(SCC(=O)Nc1c(F)c(F)c(F)c(F)c1F)n2CC. The van der Waals surface area contributed by atoms with Gasteiger partial charge in [0.2, 0.25) is 11.7 Å². The minimum Gasteiger partial charge on any atom is -0.462 e. The maximum atomic E-state index is 13.7. The van der Waals surface area contributed by atoms with Crippen LogP contribution in [-0.4, -0.2) is 33.8 Å². The lowest BCUT2D eigenvalue weighted by atomic mass is 10.2. The van der Waals surface area contributed by atoms with Gasteiger partial charge in [0.1, 0.15) is 5.69 Å². The summed E-state index contributed by atoms with van der Waals surface area (Å²) in [7, 11) is 0. The third-order valence-electron chi connectivity index (χ3n) is 4.35. The van der Waals surface area contributed by atoms with Crippen molar-refractivity contribution in [2.75, 3.05) is 17.7 Å². The molecule has 1 heterocycles. The van der Waals surface area contributed by atoms with Crippen LogP contribution in [0, 0.1) is 29.1 Å². The summed E-state index contributed by atoms with van der Waals surface area (Å²) in [6.45, 7) is 4.16. The van der Waals surface area contributed by atoms with Crippen molar-refractivity contribution >= 4 is 40.4 Å². The number of fused-ring (bicyclic) bond motifs is 1. The molecule has 0 atom stereocenters. The minimum absolute atomic E-state index is 0.208. The fraction of sp³-hybridized carbons (Fsp3) is 0.250. The van der Waals surface area contributed by atoms with E-state index in [9.17, 15) is 31.5 Å². The molecular weight excluding hydrogens is 457 g/mol. The van der Waals surface area contributed by atoms with Gasteiger partial charge in [0.25, 0.3) is 0 Å². The summed E-state index contributed by atoms with van der Waals surface area (Å²) >= 11 is 0.890. The molecule has 0 aliphatic heterocycles. The average molecular weight is 473 g/mol. The molecule has 0 fully saturated rings. The number of hydrogen-bond donors (Lipinski definition) is 1. The molecule has 12 heteroatoms. The summed E-state index contributed by atoms with van der Waals surface area (Å²) < 4.78 is 73.9. The third kappa shape index (κ3) is 4.40. The van der Waals surface area contributed by atoms with Crippen molar-refractivity contribution < 1.29 is 36.3 Å². The number of ether oxygens (including phenoxy) is 1. The molecular formula is C20H16F5N3O3S. The molecule has 3 rings (SSSR count). The van der Waals surface area contributed by atoms with Gasteiger partial charge in [-0.2, -0.15) is 0 Å². The van der Waals surface area contributed by atoms with Crippen LogP contribution >= 0.6 is 11.8 Å². The Morgan fingerprint density at radius 2 is 1.66 bits per heavy atom. The highest BCUT2D eigenvalue weighted by molar-refractivity contribution is 7.99. The molecule has 0 saturated heterocycles. The number of aryl methyl sites for hydroxylation is 1. The van der Waals surface area contributed by atoms with Gasteiger partial charge in [0.05, 0.1) is 29.0 Å². The monoisotopic (exact) mass is 473 g/mol. The highest BCUT2D eigenvalue weighted by Crippen LogP contribution is 2.28. The number of benzene rings is 2. The second-order valence-electron chi connectivity index (χ2n) is 6.34. The molecule has 6 nitrogen and oxygen atoms in total. The van der Waals surface area contributed by atoms with Gasteiger partial charge in [-0.15, -0.1) is 0 Å². The smallest absolute Gasteiger partial charge is 0.338 e. The zero-order valence-electron chi connectivity index (χ0n) is 16.8. The summed E-state index contributed by atoms with van der Waals surface area (Å²) in [6, 6.07) is 4.76. The number of carbonyl (C=O) groups excluding carboxylic acids is 2. The van der Waals surface area contributed by atoms with E-state index in [0.29, 0.717) is 28.3 Å². The van der Waals surface area contributed by atoms with Crippen LogP contribution in [0.4, 0.5) is 27.6 Å². The Labute approximate surface area is 182 Å². The summed E-state index contributed by atoms with van der Waals surface area (Å²) in [4.78, 5) is 28.4. The van der Waals surface area contributed by atoms with Gasteiger partial charge in [-0.1, -0.05) is 11.8 Å². The van der Waals surface area contributed by atoms with Gasteiger partial charge in [-0.3, -0.25) is 4.79 Å². The molecule has 0 aliphatic rings. The number of carbonyl (C=O) groups is 2. The number of esters is 1. The third-order valence-corrected chi connectivity index (χ3v) is 5.32. The van der Waals surface area contributed by atoms with Crippen LogP contribution in [0.3, 0.4) is 0 Å². The zero-order valence-corrected chi connectivity index (χ0v) is 17.6. The van der Waals surface area contributed by atoms with Crippen LogP contribution in [0.15, 0.2) is 23.4 Å². The van der Waals surface area contributed by atoms with E-state index in [4.69, 9.17) is 4.74 Å². The Kier molecular flexibility index (Phi) is 7.02. The second kappa shape index (κ2) is 9.55. The van der Waals surface area contributed by atoms with Crippen molar-refractivity contribution in [2.45, 2.75) is 25.5 Å². The van der Waals surface area contributed by atoms with Gasteiger partial charge in [0, 0.05) is 6.54 Å². The quantitative estimate of drug-likeness (QED) is 0.178. The van der Waals surface area contributed by atoms with Crippen molar-refractivity contribution in [3.8, 4) is 0 Å². The van der Waals surface area contributed by atoms with Gasteiger partial charge in [0.15, 0.2) is 28.4 Å². The number of thioether (sulfide) groups is 1. The minimum atomic E-state index is -2.31. The van der Waals surface area contributed by atoms with Crippen LogP contribution in [0.25, 0.3) is 11.0 Å². The highest BCUT2D eigenvalue weighted by atomic mass is 32.2. The molecule has 0 bridgehead atoms. The lowest BCUT2D eigenvalue weighted by Gasteiger charge is -2.10. The predicted octanol–water partition coefficient (Wildman–Crippen LogP) is 4.66. The zero-order chi connectivity index (χ0) is 23.6. The van der Waals surface area contributed by atoms with E-state index < -0.39 is 52.4 Å². The number of aromatic nitrogens is 2. The molecule has 1 aromatic heterocycles. The first kappa shape index (κ1) is 23.5. The summed E-state index contributed by atoms with van der Waals surface area (Å²) in [6.07, 6.45) is 0. The first-order chi connectivity index (χ1) is 15.2. The first-order valence-electron chi connectivity index (χ1n) is 9.31. The maximum Gasteiger partial charge on any atom is 0.338 e. The van der Waals surface area contributed by atoms with Crippen molar-refractivity contribution in [2.24, 2.45) is 0 Å². The van der Waals surface area contributed by atoms with E-state index in [1.54, 1.807) is 28.9 Å². The standard InChI is InChI=1S/C20H16F5N3O3S/c1-3-28-11-6-5-9(19(30)31-4-2)7-10(11)26-20(28)32-8-12(29)27-18-16(24)14(22)13(21)15(23)17(18)25/h5-7H,3-4,8H2,1-2H3,(H,27,29). The van der Waals surface area contributed by atoms with Crippen molar-refractivity contribution in [1.82, 2.24) is 9.55 Å². The van der Waals surface area contributed by atoms with Crippen LogP contribution < -0.4 is 5.32 Å². The summed E-state index contributed by atoms with van der Waals surface area (Å²) in [5, 5.41) is 2.07. The molecule has 1 N–H and O–H groups in total.